The molecule has 0 aliphatic rings. The van der Waals surface area contributed by atoms with Gasteiger partial charge in [0.25, 0.3) is 0 Å². The van der Waals surface area contributed by atoms with Crippen LogP contribution in [0, 0.1) is 5.92 Å². The summed E-state index contributed by atoms with van der Waals surface area (Å²) in [4.78, 5) is 27.2. The van der Waals surface area contributed by atoms with Gasteiger partial charge in [0.05, 0.1) is 6.61 Å². The first-order valence-corrected chi connectivity index (χ1v) is 10.7. The second-order valence-corrected chi connectivity index (χ2v) is 8.16. The van der Waals surface area contributed by atoms with Gasteiger partial charge in [0.1, 0.15) is 11.8 Å². The molecule has 0 aliphatic carbocycles. The molecule has 0 spiro atoms. The largest absolute Gasteiger partial charge is 0.494 e. The van der Waals surface area contributed by atoms with E-state index in [1.54, 1.807) is 24.0 Å². The Balaban J connectivity index is 1.98. The lowest BCUT2D eigenvalue weighted by atomic mass is 10.1. The molecule has 2 amide bonds. The van der Waals surface area contributed by atoms with Crippen LogP contribution in [0.2, 0.25) is 5.02 Å². The van der Waals surface area contributed by atoms with Crippen LogP contribution in [-0.4, -0.2) is 35.9 Å². The van der Waals surface area contributed by atoms with Crippen molar-refractivity contribution in [3.05, 3.63) is 65.2 Å². The maximum atomic E-state index is 13.0. The van der Waals surface area contributed by atoms with Gasteiger partial charge in [0, 0.05) is 24.5 Å². The maximum Gasteiger partial charge on any atom is 0.242 e. The summed E-state index contributed by atoms with van der Waals surface area (Å²) in [6.07, 6.45) is 0.882. The normalized spacial score (nSPS) is 11.8. The summed E-state index contributed by atoms with van der Waals surface area (Å²) in [6.45, 7) is 7.22. The molecule has 0 bridgehead atoms. The summed E-state index contributed by atoms with van der Waals surface area (Å²) < 4.78 is 5.68. The summed E-state index contributed by atoms with van der Waals surface area (Å²) >= 11 is 5.97. The van der Waals surface area contributed by atoms with Gasteiger partial charge in [-0.1, -0.05) is 55.8 Å². The Morgan fingerprint density at radius 1 is 1.03 bits per heavy atom. The van der Waals surface area contributed by atoms with Crippen LogP contribution in [0.25, 0.3) is 0 Å². The smallest absolute Gasteiger partial charge is 0.242 e. The molecular formula is C24H31ClN2O3. The highest BCUT2D eigenvalue weighted by Crippen LogP contribution is 2.15. The number of nitrogens with one attached hydrogen (secondary N) is 1. The predicted octanol–water partition coefficient (Wildman–Crippen LogP) is 4.69. The number of amides is 2. The van der Waals surface area contributed by atoms with E-state index in [-0.39, 0.29) is 11.8 Å². The summed E-state index contributed by atoms with van der Waals surface area (Å²) in [5.41, 5.74) is 0.928. The van der Waals surface area contributed by atoms with Gasteiger partial charge in [-0.15, -0.1) is 0 Å². The van der Waals surface area contributed by atoms with Crippen molar-refractivity contribution >= 4 is 23.4 Å². The van der Waals surface area contributed by atoms with Crippen molar-refractivity contribution in [2.45, 2.75) is 46.2 Å². The molecule has 162 valence electrons. The van der Waals surface area contributed by atoms with Gasteiger partial charge < -0.3 is 15.0 Å². The summed E-state index contributed by atoms with van der Waals surface area (Å²) in [5, 5.41) is 3.56. The van der Waals surface area contributed by atoms with E-state index < -0.39 is 6.04 Å². The van der Waals surface area contributed by atoms with Crippen molar-refractivity contribution in [2.75, 3.05) is 13.2 Å². The molecule has 0 unspecified atom stereocenters. The first-order valence-electron chi connectivity index (χ1n) is 10.4. The first kappa shape index (κ1) is 23.7. The second kappa shape index (κ2) is 12.2. The van der Waals surface area contributed by atoms with Crippen molar-refractivity contribution in [1.29, 1.82) is 0 Å². The van der Waals surface area contributed by atoms with E-state index in [1.165, 1.54) is 0 Å². The number of hydrogen-bond donors (Lipinski definition) is 1. The third-order valence-corrected chi connectivity index (χ3v) is 4.92. The van der Waals surface area contributed by atoms with E-state index in [9.17, 15) is 9.59 Å². The van der Waals surface area contributed by atoms with Gasteiger partial charge in [0.2, 0.25) is 11.8 Å². The molecular weight excluding hydrogens is 400 g/mol. The number of nitrogens with zero attached hydrogens (tertiary/aromatic N) is 1. The standard InChI is InChI=1S/C24H31ClN2O3/c1-18(2)16-26-24(29)19(3)27(17-20-11-13-21(25)14-12-20)23(28)10-7-15-30-22-8-5-4-6-9-22/h4-6,8-9,11-14,18-19H,7,10,15-17H2,1-3H3,(H,26,29)/t19-/m1/s1. The molecule has 0 saturated heterocycles. The fourth-order valence-electron chi connectivity index (χ4n) is 2.90. The average Bonchev–Trinajstić information content (AvgIpc) is 2.74. The fourth-order valence-corrected chi connectivity index (χ4v) is 3.02. The molecule has 1 N–H and O–H groups in total. The van der Waals surface area contributed by atoms with Crippen LogP contribution < -0.4 is 10.1 Å². The third kappa shape index (κ3) is 8.07. The van der Waals surface area contributed by atoms with Crippen LogP contribution in [0.5, 0.6) is 5.75 Å². The van der Waals surface area contributed by atoms with E-state index >= 15 is 0 Å². The van der Waals surface area contributed by atoms with Crippen LogP contribution in [0.15, 0.2) is 54.6 Å². The van der Waals surface area contributed by atoms with Crippen LogP contribution in [0.3, 0.4) is 0 Å². The molecule has 0 heterocycles. The lowest BCUT2D eigenvalue weighted by Gasteiger charge is -2.29. The molecule has 0 saturated carbocycles. The Bertz CT molecular complexity index is 794. The highest BCUT2D eigenvalue weighted by molar-refractivity contribution is 6.30. The minimum atomic E-state index is -0.568. The van der Waals surface area contributed by atoms with E-state index in [4.69, 9.17) is 16.3 Å². The van der Waals surface area contributed by atoms with E-state index in [0.717, 1.165) is 11.3 Å². The number of rotatable bonds is 11. The highest BCUT2D eigenvalue weighted by atomic mass is 35.5. The third-order valence-electron chi connectivity index (χ3n) is 4.66. The number of para-hydroxylation sites is 1. The minimum absolute atomic E-state index is 0.0752. The van der Waals surface area contributed by atoms with E-state index in [2.05, 4.69) is 5.32 Å². The van der Waals surface area contributed by atoms with Crippen molar-refractivity contribution in [2.24, 2.45) is 5.92 Å². The molecule has 0 fully saturated rings. The molecule has 0 aromatic heterocycles. The molecule has 30 heavy (non-hydrogen) atoms. The van der Waals surface area contributed by atoms with Gasteiger partial charge in [-0.25, -0.2) is 0 Å². The minimum Gasteiger partial charge on any atom is -0.494 e. The number of carbonyl (C=O) groups excluding carboxylic acids is 2. The lowest BCUT2D eigenvalue weighted by molar-refractivity contribution is -0.140. The maximum absolute atomic E-state index is 13.0. The Morgan fingerprint density at radius 2 is 1.70 bits per heavy atom. The molecule has 2 rings (SSSR count). The molecule has 0 radical (unpaired) electrons. The number of ether oxygens (including phenoxy) is 1. The van der Waals surface area contributed by atoms with Gasteiger partial charge in [-0.05, 0) is 49.1 Å². The summed E-state index contributed by atoms with van der Waals surface area (Å²) in [5.74, 6) is 0.904. The average molecular weight is 431 g/mol. The lowest BCUT2D eigenvalue weighted by Crippen LogP contribution is -2.48. The fraction of sp³-hybridized carbons (Fsp3) is 0.417. The van der Waals surface area contributed by atoms with Gasteiger partial charge >= 0.3 is 0 Å². The van der Waals surface area contributed by atoms with Crippen molar-refractivity contribution < 1.29 is 14.3 Å². The monoisotopic (exact) mass is 430 g/mol. The Morgan fingerprint density at radius 3 is 2.33 bits per heavy atom. The van der Waals surface area contributed by atoms with Gasteiger partial charge in [-0.2, -0.15) is 0 Å². The molecule has 1 atom stereocenters. The van der Waals surface area contributed by atoms with Crippen LogP contribution in [0.4, 0.5) is 0 Å². The molecule has 2 aromatic carbocycles. The van der Waals surface area contributed by atoms with Crippen molar-refractivity contribution in [1.82, 2.24) is 10.2 Å². The van der Waals surface area contributed by atoms with E-state index in [0.29, 0.717) is 43.5 Å². The zero-order valence-corrected chi connectivity index (χ0v) is 18.7. The van der Waals surface area contributed by atoms with Crippen LogP contribution in [0.1, 0.15) is 39.2 Å². The predicted molar refractivity (Wildman–Crippen MR) is 120 cm³/mol. The number of hydrogen-bond acceptors (Lipinski definition) is 3. The Labute approximate surface area is 184 Å². The summed E-state index contributed by atoms with van der Waals surface area (Å²) in [7, 11) is 0. The molecule has 2 aromatic rings. The molecule has 0 aliphatic heterocycles. The van der Waals surface area contributed by atoms with Crippen molar-refractivity contribution in [3.63, 3.8) is 0 Å². The van der Waals surface area contributed by atoms with Crippen LogP contribution >= 0.6 is 11.6 Å². The highest BCUT2D eigenvalue weighted by Gasteiger charge is 2.25. The van der Waals surface area contributed by atoms with Gasteiger partial charge in [-0.3, -0.25) is 9.59 Å². The Kier molecular flexibility index (Phi) is 9.68. The quantitative estimate of drug-likeness (QED) is 0.526. The zero-order valence-electron chi connectivity index (χ0n) is 17.9. The van der Waals surface area contributed by atoms with E-state index in [1.807, 2.05) is 56.3 Å². The number of benzene rings is 2. The number of halogens is 1. The first-order chi connectivity index (χ1) is 14.4. The zero-order chi connectivity index (χ0) is 21.9. The molecule has 6 heteroatoms. The second-order valence-electron chi connectivity index (χ2n) is 7.73. The SMILES string of the molecule is CC(C)CNC(=O)[C@@H](C)N(Cc1ccc(Cl)cc1)C(=O)CCCOc1ccccc1. The Hall–Kier alpha value is -2.53. The van der Waals surface area contributed by atoms with Crippen molar-refractivity contribution in [3.8, 4) is 5.75 Å². The topological polar surface area (TPSA) is 58.6 Å². The number of carbonyl (C=O) groups is 2. The summed E-state index contributed by atoms with van der Waals surface area (Å²) in [6, 6.07) is 16.3. The van der Waals surface area contributed by atoms with Crippen LogP contribution in [-0.2, 0) is 16.1 Å². The molecule has 5 nitrogen and oxygen atoms in total. The van der Waals surface area contributed by atoms with Gasteiger partial charge in [0.15, 0.2) is 0 Å².